The largest absolute Gasteiger partial charge is 0.299 e. The van der Waals surface area contributed by atoms with Gasteiger partial charge in [0.15, 0.2) is 0 Å². The summed E-state index contributed by atoms with van der Waals surface area (Å²) >= 11 is 3.47. The highest BCUT2D eigenvalue weighted by Gasteiger charge is 2.14. The van der Waals surface area contributed by atoms with Crippen molar-refractivity contribution in [3.8, 4) is 5.69 Å². The van der Waals surface area contributed by atoms with Crippen LogP contribution in [-0.2, 0) is 4.84 Å². The molecule has 5 nitrogen and oxygen atoms in total. The van der Waals surface area contributed by atoms with Crippen molar-refractivity contribution in [2.24, 2.45) is 0 Å². The number of carbonyl (C=O) groups excluding carboxylic acids is 1. The van der Waals surface area contributed by atoms with Crippen molar-refractivity contribution >= 4 is 32.9 Å². The molecule has 0 N–H and O–H groups in total. The van der Waals surface area contributed by atoms with Gasteiger partial charge in [-0.25, -0.2) is 10.0 Å². The number of nitrogens with zero attached hydrogens (tertiary/aromatic N) is 3. The first-order valence-electron chi connectivity index (χ1n) is 6.65. The SMILES string of the molecule is CON(C)C(=O)c1ccc2ncn(-c3cccc(Br)c3)c2c1. The van der Waals surface area contributed by atoms with Crippen molar-refractivity contribution in [2.75, 3.05) is 14.2 Å². The van der Waals surface area contributed by atoms with Gasteiger partial charge >= 0.3 is 0 Å². The molecule has 22 heavy (non-hydrogen) atoms. The van der Waals surface area contributed by atoms with Gasteiger partial charge in [0, 0.05) is 22.8 Å². The van der Waals surface area contributed by atoms with E-state index >= 15 is 0 Å². The highest BCUT2D eigenvalue weighted by Crippen LogP contribution is 2.22. The smallest absolute Gasteiger partial charge is 0.277 e. The first-order chi connectivity index (χ1) is 10.6. The Morgan fingerprint density at radius 2 is 2.09 bits per heavy atom. The topological polar surface area (TPSA) is 47.4 Å². The summed E-state index contributed by atoms with van der Waals surface area (Å²) in [5.74, 6) is -0.202. The quantitative estimate of drug-likeness (QED) is 0.673. The second kappa shape index (κ2) is 5.90. The number of imidazole rings is 1. The highest BCUT2D eigenvalue weighted by molar-refractivity contribution is 9.10. The highest BCUT2D eigenvalue weighted by atomic mass is 79.9. The predicted octanol–water partition coefficient (Wildman–Crippen LogP) is 3.42. The summed E-state index contributed by atoms with van der Waals surface area (Å²) in [6.07, 6.45) is 1.75. The van der Waals surface area contributed by atoms with Crippen molar-refractivity contribution in [1.29, 1.82) is 0 Å². The van der Waals surface area contributed by atoms with Gasteiger partial charge in [-0.15, -0.1) is 0 Å². The molecule has 1 heterocycles. The van der Waals surface area contributed by atoms with Crippen LogP contribution in [0.3, 0.4) is 0 Å². The molecule has 3 aromatic rings. The van der Waals surface area contributed by atoms with Gasteiger partial charge in [0.05, 0.1) is 18.1 Å². The molecule has 0 unspecified atom stereocenters. The maximum Gasteiger partial charge on any atom is 0.277 e. The lowest BCUT2D eigenvalue weighted by Gasteiger charge is -2.13. The first kappa shape index (κ1) is 14.7. The van der Waals surface area contributed by atoms with Crippen molar-refractivity contribution in [1.82, 2.24) is 14.6 Å². The lowest BCUT2D eigenvalue weighted by molar-refractivity contribution is -0.0756. The van der Waals surface area contributed by atoms with E-state index in [0.29, 0.717) is 5.56 Å². The minimum absolute atomic E-state index is 0.202. The third-order valence-corrected chi connectivity index (χ3v) is 3.93. The standard InChI is InChI=1S/C16H14BrN3O2/c1-19(22-2)16(21)11-6-7-14-15(8-11)20(10-18-14)13-5-3-4-12(17)9-13/h3-10H,1-2H3. The number of hydroxylamine groups is 2. The zero-order valence-corrected chi connectivity index (χ0v) is 13.7. The van der Waals surface area contributed by atoms with Crippen LogP contribution in [0.4, 0.5) is 0 Å². The maximum atomic E-state index is 12.2. The molecule has 0 spiro atoms. The lowest BCUT2D eigenvalue weighted by atomic mass is 10.2. The number of hydrogen-bond donors (Lipinski definition) is 0. The van der Waals surface area contributed by atoms with E-state index in [1.807, 2.05) is 41.0 Å². The third-order valence-electron chi connectivity index (χ3n) is 3.44. The van der Waals surface area contributed by atoms with E-state index < -0.39 is 0 Å². The molecule has 1 aromatic heterocycles. The zero-order valence-electron chi connectivity index (χ0n) is 12.2. The second-order valence-electron chi connectivity index (χ2n) is 4.78. The number of hydrogen-bond acceptors (Lipinski definition) is 3. The fourth-order valence-electron chi connectivity index (χ4n) is 2.24. The molecular formula is C16H14BrN3O2. The normalized spacial score (nSPS) is 10.9. The average Bonchev–Trinajstić information content (AvgIpc) is 2.96. The Kier molecular flexibility index (Phi) is 3.96. The number of aromatic nitrogens is 2. The van der Waals surface area contributed by atoms with Crippen LogP contribution in [-0.4, -0.2) is 34.7 Å². The molecule has 3 rings (SSSR count). The number of fused-ring (bicyclic) bond motifs is 1. The summed E-state index contributed by atoms with van der Waals surface area (Å²) in [7, 11) is 3.04. The van der Waals surface area contributed by atoms with Gasteiger partial charge in [0.25, 0.3) is 5.91 Å². The summed E-state index contributed by atoms with van der Waals surface area (Å²) in [5.41, 5.74) is 3.22. The Bertz CT molecular complexity index is 844. The molecule has 0 aliphatic carbocycles. The maximum absolute atomic E-state index is 12.2. The monoisotopic (exact) mass is 359 g/mol. The van der Waals surface area contributed by atoms with Crippen LogP contribution in [0.15, 0.2) is 53.3 Å². The minimum Gasteiger partial charge on any atom is -0.299 e. The molecule has 0 saturated carbocycles. The second-order valence-corrected chi connectivity index (χ2v) is 5.70. The van der Waals surface area contributed by atoms with E-state index in [-0.39, 0.29) is 5.91 Å². The number of halogens is 1. The molecule has 0 aliphatic rings. The summed E-state index contributed by atoms with van der Waals surface area (Å²) in [6, 6.07) is 13.3. The van der Waals surface area contributed by atoms with E-state index in [2.05, 4.69) is 20.9 Å². The van der Waals surface area contributed by atoms with E-state index in [4.69, 9.17) is 4.84 Å². The Labute approximate surface area is 136 Å². The molecule has 0 radical (unpaired) electrons. The van der Waals surface area contributed by atoms with Crippen LogP contribution in [0.25, 0.3) is 16.7 Å². The van der Waals surface area contributed by atoms with Crippen molar-refractivity contribution in [3.05, 3.63) is 58.8 Å². The minimum atomic E-state index is -0.202. The summed E-state index contributed by atoms with van der Waals surface area (Å²) in [4.78, 5) is 21.5. The molecule has 112 valence electrons. The van der Waals surface area contributed by atoms with Crippen LogP contribution < -0.4 is 0 Å². The van der Waals surface area contributed by atoms with Crippen LogP contribution in [0.1, 0.15) is 10.4 Å². The molecule has 1 amide bonds. The Balaban J connectivity index is 2.11. The van der Waals surface area contributed by atoms with E-state index in [1.165, 1.54) is 12.2 Å². The van der Waals surface area contributed by atoms with E-state index in [9.17, 15) is 4.79 Å². The van der Waals surface area contributed by atoms with Gasteiger partial charge in [-0.05, 0) is 36.4 Å². The van der Waals surface area contributed by atoms with Crippen molar-refractivity contribution in [3.63, 3.8) is 0 Å². The van der Waals surface area contributed by atoms with E-state index in [1.54, 1.807) is 19.4 Å². The Hall–Kier alpha value is -2.18. The van der Waals surface area contributed by atoms with Crippen LogP contribution in [0, 0.1) is 0 Å². The van der Waals surface area contributed by atoms with Crippen LogP contribution in [0.5, 0.6) is 0 Å². The Morgan fingerprint density at radius 1 is 1.27 bits per heavy atom. The number of benzene rings is 2. The van der Waals surface area contributed by atoms with Gasteiger partial charge in [0.2, 0.25) is 0 Å². The van der Waals surface area contributed by atoms with Crippen molar-refractivity contribution < 1.29 is 9.63 Å². The van der Waals surface area contributed by atoms with Gasteiger partial charge in [0.1, 0.15) is 6.33 Å². The molecule has 2 aromatic carbocycles. The summed E-state index contributed by atoms with van der Waals surface area (Å²) in [5, 5.41) is 1.20. The number of carbonyl (C=O) groups is 1. The van der Waals surface area contributed by atoms with Crippen molar-refractivity contribution in [2.45, 2.75) is 0 Å². The van der Waals surface area contributed by atoms with Gasteiger partial charge < -0.3 is 0 Å². The van der Waals surface area contributed by atoms with Crippen LogP contribution in [0.2, 0.25) is 0 Å². The first-order valence-corrected chi connectivity index (χ1v) is 7.44. The zero-order chi connectivity index (χ0) is 15.7. The molecular weight excluding hydrogens is 346 g/mol. The van der Waals surface area contributed by atoms with Gasteiger partial charge in [-0.2, -0.15) is 0 Å². The fourth-order valence-corrected chi connectivity index (χ4v) is 2.62. The molecule has 0 aliphatic heterocycles. The Morgan fingerprint density at radius 3 is 2.82 bits per heavy atom. The molecule has 0 bridgehead atoms. The fraction of sp³-hybridized carbons (Fsp3) is 0.125. The predicted molar refractivity (Wildman–Crippen MR) is 87.9 cm³/mol. The molecule has 0 atom stereocenters. The summed E-state index contributed by atoms with van der Waals surface area (Å²) in [6.45, 7) is 0. The summed E-state index contributed by atoms with van der Waals surface area (Å²) < 4.78 is 2.93. The van der Waals surface area contributed by atoms with Gasteiger partial charge in [-0.1, -0.05) is 22.0 Å². The number of rotatable bonds is 3. The third kappa shape index (κ3) is 2.63. The van der Waals surface area contributed by atoms with E-state index in [0.717, 1.165) is 21.2 Å². The number of amides is 1. The molecule has 0 saturated heterocycles. The molecule has 6 heteroatoms. The molecule has 0 fully saturated rings. The lowest BCUT2D eigenvalue weighted by Crippen LogP contribution is -2.25. The average molecular weight is 360 g/mol. The van der Waals surface area contributed by atoms with Gasteiger partial charge in [-0.3, -0.25) is 14.2 Å². The van der Waals surface area contributed by atoms with Crippen LogP contribution >= 0.6 is 15.9 Å².